The summed E-state index contributed by atoms with van der Waals surface area (Å²) in [6.45, 7) is 5.38. The number of nitrogens with zero attached hydrogens (tertiary/aromatic N) is 5. The van der Waals surface area contributed by atoms with Gasteiger partial charge in [0.25, 0.3) is 0 Å². The maximum Gasteiger partial charge on any atom is 0.246 e. The zero-order valence-electron chi connectivity index (χ0n) is 17.7. The van der Waals surface area contributed by atoms with Crippen LogP contribution in [0.4, 0.5) is 11.6 Å². The highest BCUT2D eigenvalue weighted by molar-refractivity contribution is 5.88. The number of aryl methyl sites for hydroxylation is 2. The molecule has 3 heterocycles. The van der Waals surface area contributed by atoms with Gasteiger partial charge in [0.1, 0.15) is 11.6 Å². The van der Waals surface area contributed by atoms with Crippen molar-refractivity contribution in [2.45, 2.75) is 39.2 Å². The van der Waals surface area contributed by atoms with E-state index in [1.807, 2.05) is 68.1 Å². The summed E-state index contributed by atoms with van der Waals surface area (Å²) in [5.41, 5.74) is 1.81. The number of likely N-dealkylation sites (N-methyl/N-ethyl adjacent to an activating group) is 1. The highest BCUT2D eigenvalue weighted by Crippen LogP contribution is 2.30. The van der Waals surface area contributed by atoms with Crippen LogP contribution in [-0.2, 0) is 4.79 Å². The molecule has 2 aromatic rings. The Morgan fingerprint density at radius 3 is 2.76 bits per heavy atom. The van der Waals surface area contributed by atoms with Crippen LogP contribution in [0.1, 0.15) is 42.5 Å². The fourth-order valence-electron chi connectivity index (χ4n) is 3.47. The maximum absolute atomic E-state index is 12.8. The van der Waals surface area contributed by atoms with E-state index in [9.17, 15) is 4.79 Å². The Balaban J connectivity index is 1.82. The number of nitrogens with one attached hydrogen (secondary N) is 1. The molecule has 154 valence electrons. The van der Waals surface area contributed by atoms with Gasteiger partial charge in [0.2, 0.25) is 5.91 Å². The molecule has 3 rings (SSSR count). The number of amides is 1. The lowest BCUT2D eigenvalue weighted by Crippen LogP contribution is -2.38. The smallest absolute Gasteiger partial charge is 0.246 e. The van der Waals surface area contributed by atoms with E-state index in [1.54, 1.807) is 6.08 Å². The van der Waals surface area contributed by atoms with Crippen LogP contribution in [0.2, 0.25) is 0 Å². The quantitative estimate of drug-likeness (QED) is 0.757. The highest BCUT2D eigenvalue weighted by Gasteiger charge is 2.29. The average molecular weight is 395 g/mol. The van der Waals surface area contributed by atoms with Crippen molar-refractivity contribution in [2.75, 3.05) is 32.5 Å². The second-order valence-corrected chi connectivity index (χ2v) is 7.75. The number of carbonyl (C=O) groups excluding carboxylic acids is 1. The number of aromatic nitrogens is 3. The van der Waals surface area contributed by atoms with Crippen molar-refractivity contribution in [3.63, 3.8) is 0 Å². The van der Waals surface area contributed by atoms with Crippen LogP contribution in [0.15, 0.2) is 36.4 Å². The van der Waals surface area contributed by atoms with Crippen LogP contribution in [0, 0.1) is 13.8 Å². The predicted molar refractivity (Wildman–Crippen MR) is 115 cm³/mol. The van der Waals surface area contributed by atoms with Crippen molar-refractivity contribution in [2.24, 2.45) is 0 Å². The summed E-state index contributed by atoms with van der Waals surface area (Å²) in [6.07, 6.45) is 6.52. The first-order valence-corrected chi connectivity index (χ1v) is 10.1. The molecule has 7 heteroatoms. The molecule has 0 bridgehead atoms. The van der Waals surface area contributed by atoms with Gasteiger partial charge in [-0.1, -0.05) is 12.1 Å². The minimum Gasteiger partial charge on any atom is -0.329 e. The summed E-state index contributed by atoms with van der Waals surface area (Å²) < 4.78 is 0. The van der Waals surface area contributed by atoms with Crippen LogP contribution in [0.3, 0.4) is 0 Å². The van der Waals surface area contributed by atoms with E-state index in [0.29, 0.717) is 11.6 Å². The number of carbonyl (C=O) groups is 1. The van der Waals surface area contributed by atoms with Crippen LogP contribution in [0.25, 0.3) is 0 Å². The third-order valence-electron chi connectivity index (χ3n) is 4.83. The first kappa shape index (κ1) is 20.9. The van der Waals surface area contributed by atoms with E-state index in [1.165, 1.54) is 0 Å². The van der Waals surface area contributed by atoms with Crippen LogP contribution >= 0.6 is 0 Å². The first-order chi connectivity index (χ1) is 13.9. The summed E-state index contributed by atoms with van der Waals surface area (Å²) in [4.78, 5) is 30.6. The van der Waals surface area contributed by atoms with Crippen molar-refractivity contribution in [1.82, 2.24) is 24.8 Å². The monoisotopic (exact) mass is 394 g/mol. The van der Waals surface area contributed by atoms with Gasteiger partial charge in [0.05, 0.1) is 6.04 Å². The Bertz CT molecular complexity index is 879. The summed E-state index contributed by atoms with van der Waals surface area (Å²) in [5.74, 6) is 2.16. The average Bonchev–Trinajstić information content (AvgIpc) is 2.67. The van der Waals surface area contributed by atoms with E-state index < -0.39 is 0 Å². The standard InChI is InChI=1S/C22H30N6O/c1-16-9-7-11-19(23-16)25-20-15-17(2)24-22(26-20)18-10-5-6-14-28(18)21(29)12-8-13-27(3)4/h7-9,11-12,15,18H,5-6,10,13-14H2,1-4H3,(H,23,24,25,26)/b12-8+. The summed E-state index contributed by atoms with van der Waals surface area (Å²) in [6, 6.07) is 7.62. The molecule has 0 aliphatic carbocycles. The zero-order valence-corrected chi connectivity index (χ0v) is 17.7. The van der Waals surface area contributed by atoms with Crippen molar-refractivity contribution in [1.29, 1.82) is 0 Å². The molecule has 1 aliphatic heterocycles. The molecular weight excluding hydrogens is 364 g/mol. The van der Waals surface area contributed by atoms with E-state index >= 15 is 0 Å². The molecule has 1 N–H and O–H groups in total. The third-order valence-corrected chi connectivity index (χ3v) is 4.83. The van der Waals surface area contributed by atoms with E-state index in [-0.39, 0.29) is 11.9 Å². The Morgan fingerprint density at radius 2 is 2.00 bits per heavy atom. The number of hydrogen-bond donors (Lipinski definition) is 1. The van der Waals surface area contributed by atoms with E-state index in [2.05, 4.69) is 15.3 Å². The summed E-state index contributed by atoms with van der Waals surface area (Å²) in [5, 5.41) is 3.27. The summed E-state index contributed by atoms with van der Waals surface area (Å²) in [7, 11) is 3.97. The highest BCUT2D eigenvalue weighted by atomic mass is 16.2. The number of likely N-dealkylation sites (tertiary alicyclic amines) is 1. The number of hydrogen-bond acceptors (Lipinski definition) is 6. The van der Waals surface area contributed by atoms with Gasteiger partial charge in [0.15, 0.2) is 5.82 Å². The van der Waals surface area contributed by atoms with Gasteiger partial charge in [0, 0.05) is 36.6 Å². The molecule has 1 amide bonds. The number of rotatable bonds is 6. The fraction of sp³-hybridized carbons (Fsp3) is 0.455. The molecule has 1 unspecified atom stereocenters. The third kappa shape index (κ3) is 5.84. The lowest BCUT2D eigenvalue weighted by atomic mass is 10.0. The second-order valence-electron chi connectivity index (χ2n) is 7.75. The first-order valence-electron chi connectivity index (χ1n) is 10.1. The number of piperidine rings is 1. The van der Waals surface area contributed by atoms with Crippen molar-refractivity contribution in [3.8, 4) is 0 Å². The minimum absolute atomic E-state index is 0.0246. The minimum atomic E-state index is -0.105. The molecule has 0 aromatic carbocycles. The molecule has 0 spiro atoms. The molecule has 1 atom stereocenters. The number of anilines is 2. The molecule has 1 fully saturated rings. The van der Waals surface area contributed by atoms with Gasteiger partial charge >= 0.3 is 0 Å². The molecule has 29 heavy (non-hydrogen) atoms. The van der Waals surface area contributed by atoms with E-state index in [4.69, 9.17) is 4.98 Å². The SMILES string of the molecule is Cc1cccc(Nc2cc(C)nc(C3CCCCN3C(=O)/C=C/CN(C)C)n2)n1. The largest absolute Gasteiger partial charge is 0.329 e. The molecule has 1 aliphatic rings. The molecule has 7 nitrogen and oxygen atoms in total. The van der Waals surface area contributed by atoms with Gasteiger partial charge in [-0.15, -0.1) is 0 Å². The second kappa shape index (κ2) is 9.60. The van der Waals surface area contributed by atoms with Crippen molar-refractivity contribution < 1.29 is 4.79 Å². The lowest BCUT2D eigenvalue weighted by molar-refractivity contribution is -0.129. The van der Waals surface area contributed by atoms with Crippen LogP contribution < -0.4 is 5.32 Å². The molecule has 2 aromatic heterocycles. The Kier molecular flexibility index (Phi) is 6.93. The van der Waals surface area contributed by atoms with Gasteiger partial charge in [-0.2, -0.15) is 0 Å². The van der Waals surface area contributed by atoms with Crippen LogP contribution in [0.5, 0.6) is 0 Å². The Hall–Kier alpha value is -2.80. The Morgan fingerprint density at radius 1 is 1.17 bits per heavy atom. The van der Waals surface area contributed by atoms with Gasteiger partial charge in [-0.25, -0.2) is 15.0 Å². The molecule has 0 radical (unpaired) electrons. The Labute approximate surface area is 172 Å². The number of pyridine rings is 1. The zero-order chi connectivity index (χ0) is 20.8. The van der Waals surface area contributed by atoms with Crippen molar-refractivity contribution in [3.05, 3.63) is 53.6 Å². The lowest BCUT2D eigenvalue weighted by Gasteiger charge is -2.34. The maximum atomic E-state index is 12.8. The predicted octanol–water partition coefficient (Wildman–Crippen LogP) is 3.40. The normalized spacial score (nSPS) is 17.1. The van der Waals surface area contributed by atoms with Gasteiger partial charge in [-0.3, -0.25) is 4.79 Å². The summed E-state index contributed by atoms with van der Waals surface area (Å²) >= 11 is 0. The van der Waals surface area contributed by atoms with Gasteiger partial charge < -0.3 is 15.1 Å². The van der Waals surface area contributed by atoms with Gasteiger partial charge in [-0.05, 0) is 59.3 Å². The molecule has 0 saturated carbocycles. The van der Waals surface area contributed by atoms with Crippen LogP contribution in [-0.4, -0.2) is 57.8 Å². The fourth-order valence-corrected chi connectivity index (χ4v) is 3.47. The topological polar surface area (TPSA) is 74.2 Å². The van der Waals surface area contributed by atoms with Crippen molar-refractivity contribution >= 4 is 17.5 Å². The molecular formula is C22H30N6O. The van der Waals surface area contributed by atoms with E-state index in [0.717, 1.165) is 49.6 Å². The molecule has 1 saturated heterocycles.